The van der Waals surface area contributed by atoms with Crippen molar-refractivity contribution in [2.45, 2.75) is 10.7 Å². The normalized spacial score (nSPS) is 24.7. The van der Waals surface area contributed by atoms with Crippen molar-refractivity contribution in [1.82, 2.24) is 5.32 Å². The number of rotatable bonds is 1. The Hall–Kier alpha value is -0.580. The summed E-state index contributed by atoms with van der Waals surface area (Å²) in [5, 5.41) is 3.03. The number of alkyl halides is 1. The van der Waals surface area contributed by atoms with Gasteiger partial charge in [-0.2, -0.15) is 0 Å². The first-order chi connectivity index (χ1) is 7.50. The van der Waals surface area contributed by atoms with Gasteiger partial charge in [0.15, 0.2) is 0 Å². The molecule has 1 N–H and O–H groups in total. The minimum atomic E-state index is -0.558. The van der Waals surface area contributed by atoms with Gasteiger partial charge in [0.2, 0.25) is 11.8 Å². The maximum atomic E-state index is 11.6. The van der Waals surface area contributed by atoms with Crippen LogP contribution >= 0.6 is 39.1 Å². The minimum Gasteiger partial charge on any atom is -0.295 e. The zero-order valence-electron chi connectivity index (χ0n) is 7.84. The lowest BCUT2D eigenvalue weighted by molar-refractivity contribution is -0.125. The molecule has 3 nitrogen and oxygen atoms in total. The molecule has 1 fully saturated rings. The number of halogens is 3. The Morgan fingerprint density at radius 2 is 1.81 bits per heavy atom. The topological polar surface area (TPSA) is 46.2 Å². The van der Waals surface area contributed by atoms with E-state index in [2.05, 4.69) is 21.2 Å². The maximum Gasteiger partial charge on any atom is 0.241 e. The third-order valence-corrected chi connectivity index (χ3v) is 4.06. The molecule has 0 bridgehead atoms. The van der Waals surface area contributed by atoms with Gasteiger partial charge in [-0.1, -0.05) is 45.2 Å². The molecule has 1 aromatic carbocycles. The SMILES string of the molecule is O=C1NC(=O)C(c2ccc(Cl)c(Cl)c2)C1Br. The molecule has 16 heavy (non-hydrogen) atoms. The van der Waals surface area contributed by atoms with E-state index in [0.29, 0.717) is 15.6 Å². The van der Waals surface area contributed by atoms with E-state index in [1.807, 2.05) is 0 Å². The van der Waals surface area contributed by atoms with Crippen molar-refractivity contribution in [3.05, 3.63) is 33.8 Å². The van der Waals surface area contributed by atoms with Gasteiger partial charge in [0.25, 0.3) is 0 Å². The lowest BCUT2D eigenvalue weighted by atomic mass is 9.98. The molecular formula is C10H6BrCl2NO2. The van der Waals surface area contributed by atoms with Gasteiger partial charge in [0.1, 0.15) is 4.83 Å². The van der Waals surface area contributed by atoms with Gasteiger partial charge in [-0.3, -0.25) is 14.9 Å². The van der Waals surface area contributed by atoms with Crippen LogP contribution in [0.5, 0.6) is 0 Å². The highest BCUT2D eigenvalue weighted by Crippen LogP contribution is 2.33. The molecule has 0 aliphatic carbocycles. The fourth-order valence-electron chi connectivity index (χ4n) is 1.58. The molecule has 1 saturated heterocycles. The fraction of sp³-hybridized carbons (Fsp3) is 0.200. The summed E-state index contributed by atoms with van der Waals surface area (Å²) in [5.74, 6) is -1.21. The second-order valence-corrected chi connectivity index (χ2v) is 5.21. The minimum absolute atomic E-state index is 0.328. The zero-order chi connectivity index (χ0) is 11.9. The summed E-state index contributed by atoms with van der Waals surface area (Å²) in [6, 6.07) is 4.89. The van der Waals surface area contributed by atoms with Crippen molar-refractivity contribution in [2.24, 2.45) is 0 Å². The average molecular weight is 323 g/mol. The number of nitrogens with one attached hydrogen (secondary N) is 1. The molecule has 2 amide bonds. The highest BCUT2D eigenvalue weighted by molar-refractivity contribution is 9.10. The standard InChI is InChI=1S/C10H6BrCl2NO2/c11-8-7(9(15)14-10(8)16)4-1-2-5(12)6(13)3-4/h1-3,7-8H,(H,14,15,16). The van der Waals surface area contributed by atoms with E-state index in [0.717, 1.165) is 0 Å². The summed E-state index contributed by atoms with van der Waals surface area (Å²) in [7, 11) is 0. The van der Waals surface area contributed by atoms with E-state index in [1.54, 1.807) is 18.2 Å². The molecule has 1 aliphatic heterocycles. The van der Waals surface area contributed by atoms with Gasteiger partial charge in [-0.25, -0.2) is 0 Å². The number of carbonyl (C=O) groups is 2. The van der Waals surface area contributed by atoms with Gasteiger partial charge in [-0.15, -0.1) is 0 Å². The van der Waals surface area contributed by atoms with Crippen molar-refractivity contribution in [3.8, 4) is 0 Å². The molecule has 6 heteroatoms. The number of carbonyl (C=O) groups excluding carboxylic acids is 2. The molecule has 0 radical (unpaired) electrons. The first kappa shape index (κ1) is 11.9. The fourth-order valence-corrected chi connectivity index (χ4v) is 2.54. The van der Waals surface area contributed by atoms with E-state index < -0.39 is 10.7 Å². The van der Waals surface area contributed by atoms with Crippen LogP contribution < -0.4 is 5.32 Å². The molecule has 0 spiro atoms. The average Bonchev–Trinajstić information content (AvgIpc) is 2.47. The summed E-state index contributed by atoms with van der Waals surface area (Å²) in [6.45, 7) is 0. The molecule has 0 aromatic heterocycles. The molecule has 1 heterocycles. The van der Waals surface area contributed by atoms with E-state index in [-0.39, 0.29) is 11.8 Å². The smallest absolute Gasteiger partial charge is 0.241 e. The number of hydrogen-bond donors (Lipinski definition) is 1. The molecular weight excluding hydrogens is 317 g/mol. The lowest BCUT2D eigenvalue weighted by Gasteiger charge is -2.10. The van der Waals surface area contributed by atoms with E-state index in [1.165, 1.54) is 0 Å². The first-order valence-electron chi connectivity index (χ1n) is 4.44. The number of benzene rings is 1. The maximum absolute atomic E-state index is 11.6. The Bertz CT molecular complexity index is 478. The Morgan fingerprint density at radius 3 is 2.31 bits per heavy atom. The Balaban J connectivity index is 2.40. The van der Waals surface area contributed by atoms with Crippen molar-refractivity contribution in [3.63, 3.8) is 0 Å². The van der Waals surface area contributed by atoms with Crippen molar-refractivity contribution < 1.29 is 9.59 Å². The van der Waals surface area contributed by atoms with E-state index >= 15 is 0 Å². The highest BCUT2D eigenvalue weighted by atomic mass is 79.9. The van der Waals surface area contributed by atoms with Crippen molar-refractivity contribution in [1.29, 1.82) is 0 Å². The molecule has 1 aromatic rings. The number of hydrogen-bond acceptors (Lipinski definition) is 2. The Morgan fingerprint density at radius 1 is 1.12 bits per heavy atom. The van der Waals surface area contributed by atoms with Crippen LogP contribution in [0.1, 0.15) is 11.5 Å². The van der Waals surface area contributed by atoms with Crippen LogP contribution in [-0.2, 0) is 9.59 Å². The Labute approximate surface area is 110 Å². The van der Waals surface area contributed by atoms with Gasteiger partial charge < -0.3 is 0 Å². The van der Waals surface area contributed by atoms with Gasteiger partial charge in [0, 0.05) is 0 Å². The summed E-state index contributed by atoms with van der Waals surface area (Å²) in [4.78, 5) is 22.3. The summed E-state index contributed by atoms with van der Waals surface area (Å²) < 4.78 is 0. The molecule has 84 valence electrons. The molecule has 0 saturated carbocycles. The lowest BCUT2D eigenvalue weighted by Crippen LogP contribution is -2.22. The van der Waals surface area contributed by atoms with Crippen LogP contribution in [0.15, 0.2) is 18.2 Å². The predicted octanol–water partition coefficient (Wildman–Crippen LogP) is 2.50. The van der Waals surface area contributed by atoms with Crippen LogP contribution in [0, 0.1) is 0 Å². The van der Waals surface area contributed by atoms with Crippen molar-refractivity contribution in [2.75, 3.05) is 0 Å². The van der Waals surface area contributed by atoms with Crippen LogP contribution in [0.4, 0.5) is 0 Å². The van der Waals surface area contributed by atoms with Gasteiger partial charge in [0.05, 0.1) is 16.0 Å². The number of amides is 2. The van der Waals surface area contributed by atoms with Crippen LogP contribution in [0.2, 0.25) is 10.0 Å². The third-order valence-electron chi connectivity index (χ3n) is 2.37. The van der Waals surface area contributed by atoms with Gasteiger partial charge in [-0.05, 0) is 17.7 Å². The second kappa shape index (κ2) is 4.35. The third kappa shape index (κ3) is 1.97. The first-order valence-corrected chi connectivity index (χ1v) is 6.11. The van der Waals surface area contributed by atoms with Crippen molar-refractivity contribution >= 4 is 50.9 Å². The summed E-state index contributed by atoms with van der Waals surface area (Å²) in [6.07, 6.45) is 0. The predicted molar refractivity (Wildman–Crippen MR) is 65.1 cm³/mol. The molecule has 2 unspecified atom stereocenters. The highest BCUT2D eigenvalue weighted by Gasteiger charge is 2.40. The summed E-state index contributed by atoms with van der Waals surface area (Å²) >= 11 is 14.8. The zero-order valence-corrected chi connectivity index (χ0v) is 10.9. The van der Waals surface area contributed by atoms with Crippen LogP contribution in [-0.4, -0.2) is 16.6 Å². The monoisotopic (exact) mass is 321 g/mol. The molecule has 2 atom stereocenters. The summed E-state index contributed by atoms with van der Waals surface area (Å²) in [5.41, 5.74) is 0.666. The van der Waals surface area contributed by atoms with E-state index in [4.69, 9.17) is 23.2 Å². The van der Waals surface area contributed by atoms with Gasteiger partial charge >= 0.3 is 0 Å². The van der Waals surface area contributed by atoms with Crippen LogP contribution in [0.3, 0.4) is 0 Å². The second-order valence-electron chi connectivity index (χ2n) is 3.41. The molecule has 2 rings (SSSR count). The number of imide groups is 1. The van der Waals surface area contributed by atoms with Crippen LogP contribution in [0.25, 0.3) is 0 Å². The Kier molecular flexibility index (Phi) is 3.24. The largest absolute Gasteiger partial charge is 0.295 e. The molecule has 1 aliphatic rings. The quantitative estimate of drug-likeness (QED) is 0.638. The van der Waals surface area contributed by atoms with E-state index in [9.17, 15) is 9.59 Å².